The van der Waals surface area contributed by atoms with Gasteiger partial charge in [0.05, 0.1) is 25.8 Å². The summed E-state index contributed by atoms with van der Waals surface area (Å²) >= 11 is 0. The van der Waals surface area contributed by atoms with Crippen LogP contribution in [0.3, 0.4) is 0 Å². The van der Waals surface area contributed by atoms with Crippen LogP contribution in [0.25, 0.3) is 5.57 Å². The SMILES string of the molecule is CC(C)(C)OC(=O)N1CC(c2ccc(OC(F)F)c(OCC3CC3)c2)=C[C@@H]1CO. The van der Waals surface area contributed by atoms with Crippen LogP contribution in [-0.4, -0.2) is 54.1 Å². The quantitative estimate of drug-likeness (QED) is 0.733. The van der Waals surface area contributed by atoms with E-state index >= 15 is 0 Å². The standard InChI is InChI=1S/C21H27F2NO5/c1-21(2,3)29-20(26)24-10-15(8-16(24)11-25)14-6-7-17(28-19(22)23)18(9-14)27-12-13-4-5-13/h6-9,13,16,19,25H,4-5,10-12H2,1-3H3/t16-/m1/s1. The predicted octanol–water partition coefficient (Wildman–Crippen LogP) is 4.07. The fraction of sp³-hybridized carbons (Fsp3) is 0.571. The maximum atomic E-state index is 12.7. The van der Waals surface area contributed by atoms with Gasteiger partial charge in [-0.15, -0.1) is 0 Å². The zero-order valence-electron chi connectivity index (χ0n) is 16.9. The Morgan fingerprint density at radius 2 is 2.00 bits per heavy atom. The van der Waals surface area contributed by atoms with Crippen LogP contribution in [-0.2, 0) is 4.74 Å². The molecule has 1 atom stereocenters. The number of carbonyl (C=O) groups excluding carboxylic acids is 1. The van der Waals surface area contributed by atoms with Gasteiger partial charge >= 0.3 is 12.7 Å². The third kappa shape index (κ3) is 5.82. The number of halogens is 2. The summed E-state index contributed by atoms with van der Waals surface area (Å²) < 4.78 is 41.1. The Morgan fingerprint density at radius 1 is 1.28 bits per heavy atom. The van der Waals surface area contributed by atoms with Crippen molar-refractivity contribution >= 4 is 11.7 Å². The van der Waals surface area contributed by atoms with Crippen molar-refractivity contribution in [3.05, 3.63) is 29.8 Å². The van der Waals surface area contributed by atoms with Crippen molar-refractivity contribution in [1.29, 1.82) is 0 Å². The van der Waals surface area contributed by atoms with Crippen LogP contribution in [0.15, 0.2) is 24.3 Å². The van der Waals surface area contributed by atoms with Crippen molar-refractivity contribution in [3.63, 3.8) is 0 Å². The monoisotopic (exact) mass is 411 g/mol. The molecule has 1 saturated carbocycles. The van der Waals surface area contributed by atoms with Gasteiger partial charge in [0.1, 0.15) is 5.60 Å². The van der Waals surface area contributed by atoms with Gasteiger partial charge in [-0.2, -0.15) is 8.78 Å². The number of alkyl halides is 2. The molecule has 8 heteroatoms. The molecule has 160 valence electrons. The van der Waals surface area contributed by atoms with E-state index in [2.05, 4.69) is 4.74 Å². The third-order valence-electron chi connectivity index (χ3n) is 4.65. The van der Waals surface area contributed by atoms with E-state index in [0.29, 0.717) is 18.1 Å². The lowest BCUT2D eigenvalue weighted by Crippen LogP contribution is -2.41. The Morgan fingerprint density at radius 3 is 2.59 bits per heavy atom. The Kier molecular flexibility index (Phi) is 6.31. The summed E-state index contributed by atoms with van der Waals surface area (Å²) in [6.45, 7) is 2.80. The summed E-state index contributed by atoms with van der Waals surface area (Å²) in [4.78, 5) is 13.9. The largest absolute Gasteiger partial charge is 0.489 e. The number of carbonyl (C=O) groups is 1. The number of amides is 1. The lowest BCUT2D eigenvalue weighted by Gasteiger charge is -2.27. The van der Waals surface area contributed by atoms with Crippen molar-refractivity contribution in [3.8, 4) is 11.5 Å². The molecule has 1 aliphatic carbocycles. The zero-order valence-corrected chi connectivity index (χ0v) is 16.9. The first-order valence-electron chi connectivity index (χ1n) is 9.69. The number of aliphatic hydroxyl groups excluding tert-OH is 1. The van der Waals surface area contributed by atoms with Crippen LogP contribution in [0.2, 0.25) is 0 Å². The van der Waals surface area contributed by atoms with Crippen molar-refractivity contribution in [2.45, 2.75) is 51.9 Å². The number of hydrogen-bond donors (Lipinski definition) is 1. The van der Waals surface area contributed by atoms with Gasteiger partial charge in [0.2, 0.25) is 0 Å². The van der Waals surface area contributed by atoms with Crippen molar-refractivity contribution in [2.24, 2.45) is 5.92 Å². The van der Waals surface area contributed by atoms with Gasteiger partial charge in [0.25, 0.3) is 0 Å². The molecule has 1 heterocycles. The lowest BCUT2D eigenvalue weighted by atomic mass is 10.1. The number of ether oxygens (including phenoxy) is 3. The normalized spacial score (nSPS) is 19.3. The van der Waals surface area contributed by atoms with Crippen LogP contribution >= 0.6 is 0 Å². The van der Waals surface area contributed by atoms with Gasteiger partial charge in [-0.1, -0.05) is 12.1 Å². The maximum Gasteiger partial charge on any atom is 0.411 e. The summed E-state index contributed by atoms with van der Waals surface area (Å²) in [7, 11) is 0. The number of aliphatic hydroxyl groups is 1. The second-order valence-electron chi connectivity index (χ2n) is 8.34. The highest BCUT2D eigenvalue weighted by Crippen LogP contribution is 2.37. The van der Waals surface area contributed by atoms with Crippen LogP contribution in [0.1, 0.15) is 39.2 Å². The molecular weight excluding hydrogens is 384 g/mol. The molecule has 1 fully saturated rings. The molecule has 0 bridgehead atoms. The average molecular weight is 411 g/mol. The molecule has 3 rings (SSSR count). The smallest absolute Gasteiger partial charge is 0.411 e. The number of hydrogen-bond acceptors (Lipinski definition) is 5. The van der Waals surface area contributed by atoms with E-state index in [1.165, 1.54) is 11.0 Å². The first-order valence-corrected chi connectivity index (χ1v) is 9.69. The topological polar surface area (TPSA) is 68.2 Å². The first-order chi connectivity index (χ1) is 13.7. The molecule has 0 spiro atoms. The van der Waals surface area contributed by atoms with Gasteiger partial charge in [-0.05, 0) is 62.8 Å². The van der Waals surface area contributed by atoms with Gasteiger partial charge in [0.15, 0.2) is 11.5 Å². The molecule has 1 aromatic carbocycles. The Hall–Kier alpha value is -2.35. The third-order valence-corrected chi connectivity index (χ3v) is 4.65. The maximum absolute atomic E-state index is 12.7. The van der Waals surface area contributed by atoms with Crippen LogP contribution in [0.5, 0.6) is 11.5 Å². The fourth-order valence-electron chi connectivity index (χ4n) is 3.04. The summed E-state index contributed by atoms with van der Waals surface area (Å²) in [6, 6.07) is 4.20. The fourth-order valence-corrected chi connectivity index (χ4v) is 3.04. The number of benzene rings is 1. The molecule has 1 aromatic rings. The molecule has 0 saturated heterocycles. The highest BCUT2D eigenvalue weighted by Gasteiger charge is 2.33. The van der Waals surface area contributed by atoms with E-state index in [9.17, 15) is 18.7 Å². The average Bonchev–Trinajstić information content (AvgIpc) is 3.35. The van der Waals surface area contributed by atoms with Crippen molar-refractivity contribution < 1.29 is 32.9 Å². The highest BCUT2D eigenvalue weighted by atomic mass is 19.3. The second-order valence-corrected chi connectivity index (χ2v) is 8.34. The van der Waals surface area contributed by atoms with E-state index in [4.69, 9.17) is 9.47 Å². The summed E-state index contributed by atoms with van der Waals surface area (Å²) in [5, 5.41) is 9.68. The van der Waals surface area contributed by atoms with Gasteiger partial charge < -0.3 is 19.3 Å². The predicted molar refractivity (Wildman–Crippen MR) is 103 cm³/mol. The van der Waals surface area contributed by atoms with Crippen LogP contribution in [0.4, 0.5) is 13.6 Å². The minimum absolute atomic E-state index is 0.0225. The molecule has 1 aliphatic heterocycles. The summed E-state index contributed by atoms with van der Waals surface area (Å²) in [5.41, 5.74) is 0.828. The van der Waals surface area contributed by atoms with Crippen LogP contribution in [0, 0.1) is 5.92 Å². The van der Waals surface area contributed by atoms with Crippen LogP contribution < -0.4 is 9.47 Å². The Bertz CT molecular complexity index is 771. The summed E-state index contributed by atoms with van der Waals surface area (Å²) in [5.74, 6) is 0.669. The van der Waals surface area contributed by atoms with Crippen molar-refractivity contribution in [1.82, 2.24) is 4.90 Å². The molecule has 0 unspecified atom stereocenters. The van der Waals surface area contributed by atoms with E-state index < -0.39 is 24.3 Å². The number of rotatable bonds is 7. The zero-order chi connectivity index (χ0) is 21.2. The second kappa shape index (κ2) is 8.57. The first kappa shape index (κ1) is 21.4. The number of nitrogens with zero attached hydrogens (tertiary/aromatic N) is 1. The molecule has 2 aliphatic rings. The molecule has 6 nitrogen and oxygen atoms in total. The molecule has 29 heavy (non-hydrogen) atoms. The molecular formula is C21H27F2NO5. The van der Waals surface area contributed by atoms with Gasteiger partial charge in [-0.25, -0.2) is 4.79 Å². The van der Waals surface area contributed by atoms with Crippen molar-refractivity contribution in [2.75, 3.05) is 19.8 Å². The Labute approximate surface area is 169 Å². The van der Waals surface area contributed by atoms with E-state index in [1.807, 2.05) is 0 Å². The van der Waals surface area contributed by atoms with Gasteiger partial charge in [0, 0.05) is 0 Å². The minimum atomic E-state index is -2.95. The summed E-state index contributed by atoms with van der Waals surface area (Å²) in [6.07, 6.45) is 3.39. The van der Waals surface area contributed by atoms with Gasteiger partial charge in [-0.3, -0.25) is 4.90 Å². The molecule has 0 aromatic heterocycles. The molecule has 0 radical (unpaired) electrons. The van der Waals surface area contributed by atoms with E-state index in [1.54, 1.807) is 39.0 Å². The Balaban J connectivity index is 1.79. The molecule has 1 N–H and O–H groups in total. The van der Waals surface area contributed by atoms with E-state index in [-0.39, 0.29) is 24.7 Å². The highest BCUT2D eigenvalue weighted by molar-refractivity contribution is 5.79. The minimum Gasteiger partial charge on any atom is -0.489 e. The molecule has 1 amide bonds. The lowest BCUT2D eigenvalue weighted by molar-refractivity contribution is -0.0515. The van der Waals surface area contributed by atoms with E-state index in [0.717, 1.165) is 18.4 Å².